The molecule has 6 heteroatoms. The van der Waals surface area contributed by atoms with Crippen LogP contribution in [0.2, 0.25) is 0 Å². The average Bonchev–Trinajstić information content (AvgIpc) is 2.68. The van der Waals surface area contributed by atoms with Gasteiger partial charge in [-0.2, -0.15) is 0 Å². The van der Waals surface area contributed by atoms with Crippen molar-refractivity contribution >= 4 is 5.91 Å². The number of piperidine rings is 2. The highest BCUT2D eigenvalue weighted by Gasteiger charge is 2.43. The van der Waals surface area contributed by atoms with Crippen molar-refractivity contribution in [2.75, 3.05) is 32.8 Å². The van der Waals surface area contributed by atoms with Gasteiger partial charge >= 0.3 is 0 Å². The second-order valence-corrected chi connectivity index (χ2v) is 8.32. The van der Waals surface area contributed by atoms with Crippen LogP contribution in [0.1, 0.15) is 49.9 Å². The fourth-order valence-electron chi connectivity index (χ4n) is 4.88. The average molecular weight is 358 g/mol. The van der Waals surface area contributed by atoms with Crippen molar-refractivity contribution in [3.05, 3.63) is 23.8 Å². The Labute approximate surface area is 155 Å². The van der Waals surface area contributed by atoms with Gasteiger partial charge in [-0.05, 0) is 45.6 Å². The monoisotopic (exact) mass is 358 g/mol. The standard InChI is InChI=1S/C20H30N4O2/c1-16-11-22-17(12-21-16)13-24-15-20(7-3-19(24)25)6-2-8-23(14-20)18-4-9-26-10-5-18/h11-12,18H,2-10,13-15H2,1H3/t20-/m1/s1. The van der Waals surface area contributed by atoms with E-state index >= 15 is 0 Å². The molecule has 4 heterocycles. The highest BCUT2D eigenvalue weighted by molar-refractivity contribution is 5.77. The largest absolute Gasteiger partial charge is 0.381 e. The maximum Gasteiger partial charge on any atom is 0.222 e. The van der Waals surface area contributed by atoms with Crippen molar-refractivity contribution in [2.45, 2.75) is 58.0 Å². The van der Waals surface area contributed by atoms with Crippen LogP contribution in [0.15, 0.2) is 12.4 Å². The molecule has 0 saturated carbocycles. The summed E-state index contributed by atoms with van der Waals surface area (Å²) in [6.45, 7) is 7.50. The normalized spacial score (nSPS) is 28.7. The van der Waals surface area contributed by atoms with Gasteiger partial charge in [-0.25, -0.2) is 0 Å². The zero-order chi connectivity index (χ0) is 18.0. The van der Waals surface area contributed by atoms with E-state index in [1.54, 1.807) is 12.4 Å². The predicted octanol–water partition coefficient (Wildman–Crippen LogP) is 2.17. The molecule has 6 nitrogen and oxygen atoms in total. The molecular formula is C20H30N4O2. The van der Waals surface area contributed by atoms with Crippen LogP contribution in [-0.2, 0) is 16.1 Å². The van der Waals surface area contributed by atoms with E-state index in [1.807, 2.05) is 11.8 Å². The molecule has 3 aliphatic heterocycles. The highest BCUT2D eigenvalue weighted by Crippen LogP contribution is 2.40. The van der Waals surface area contributed by atoms with Gasteiger partial charge in [0, 0.05) is 50.4 Å². The van der Waals surface area contributed by atoms with Gasteiger partial charge in [0.05, 0.1) is 24.1 Å². The van der Waals surface area contributed by atoms with Gasteiger partial charge in [0.25, 0.3) is 0 Å². The molecule has 142 valence electrons. The van der Waals surface area contributed by atoms with Crippen molar-refractivity contribution in [1.82, 2.24) is 19.8 Å². The maximum atomic E-state index is 12.5. The molecule has 4 rings (SSSR count). The second-order valence-electron chi connectivity index (χ2n) is 8.32. The van der Waals surface area contributed by atoms with Crippen molar-refractivity contribution in [3.8, 4) is 0 Å². The zero-order valence-electron chi connectivity index (χ0n) is 15.8. The molecule has 0 bridgehead atoms. The first-order valence-electron chi connectivity index (χ1n) is 10.0. The van der Waals surface area contributed by atoms with Crippen LogP contribution in [0.4, 0.5) is 0 Å². The van der Waals surface area contributed by atoms with E-state index in [1.165, 1.54) is 19.4 Å². The zero-order valence-corrected chi connectivity index (χ0v) is 15.8. The third-order valence-corrected chi connectivity index (χ3v) is 6.33. The number of rotatable bonds is 3. The van der Waals surface area contributed by atoms with Crippen LogP contribution in [0.5, 0.6) is 0 Å². The van der Waals surface area contributed by atoms with Crippen LogP contribution in [0.3, 0.4) is 0 Å². The summed E-state index contributed by atoms with van der Waals surface area (Å²) in [7, 11) is 0. The van der Waals surface area contributed by atoms with Gasteiger partial charge < -0.3 is 9.64 Å². The van der Waals surface area contributed by atoms with Crippen LogP contribution < -0.4 is 0 Å². The van der Waals surface area contributed by atoms with E-state index in [0.717, 1.165) is 57.0 Å². The first-order valence-corrected chi connectivity index (χ1v) is 10.0. The first kappa shape index (κ1) is 17.9. The van der Waals surface area contributed by atoms with Crippen LogP contribution in [0.25, 0.3) is 0 Å². The van der Waals surface area contributed by atoms with Gasteiger partial charge in [-0.15, -0.1) is 0 Å². The van der Waals surface area contributed by atoms with E-state index in [-0.39, 0.29) is 11.3 Å². The number of nitrogens with zero attached hydrogens (tertiary/aromatic N) is 4. The lowest BCUT2D eigenvalue weighted by Gasteiger charge is -2.50. The molecule has 0 aromatic carbocycles. The number of aryl methyl sites for hydroxylation is 1. The Balaban J connectivity index is 1.44. The number of aromatic nitrogens is 2. The molecule has 3 saturated heterocycles. The molecule has 1 aromatic heterocycles. The summed E-state index contributed by atoms with van der Waals surface area (Å²) >= 11 is 0. The van der Waals surface area contributed by atoms with Crippen LogP contribution in [0, 0.1) is 12.3 Å². The Kier molecular flexibility index (Phi) is 5.23. The molecule has 1 aromatic rings. The lowest BCUT2D eigenvalue weighted by atomic mass is 9.73. The Morgan fingerprint density at radius 3 is 2.81 bits per heavy atom. The Hall–Kier alpha value is -1.53. The fourth-order valence-corrected chi connectivity index (χ4v) is 4.88. The Bertz CT molecular complexity index is 629. The summed E-state index contributed by atoms with van der Waals surface area (Å²) in [6, 6.07) is 0.662. The van der Waals surface area contributed by atoms with E-state index < -0.39 is 0 Å². The number of carbonyl (C=O) groups is 1. The maximum absolute atomic E-state index is 12.5. The van der Waals surface area contributed by atoms with Crippen LogP contribution in [-0.4, -0.2) is 64.6 Å². The van der Waals surface area contributed by atoms with Crippen molar-refractivity contribution in [3.63, 3.8) is 0 Å². The molecule has 26 heavy (non-hydrogen) atoms. The van der Waals surface area contributed by atoms with Crippen molar-refractivity contribution in [1.29, 1.82) is 0 Å². The number of ether oxygens (including phenoxy) is 1. The quantitative estimate of drug-likeness (QED) is 0.829. The number of hydrogen-bond donors (Lipinski definition) is 0. The smallest absolute Gasteiger partial charge is 0.222 e. The summed E-state index contributed by atoms with van der Waals surface area (Å²) in [5, 5.41) is 0. The number of carbonyl (C=O) groups excluding carboxylic acids is 1. The lowest BCUT2D eigenvalue weighted by molar-refractivity contribution is -0.141. The van der Waals surface area contributed by atoms with Gasteiger partial charge in [-0.1, -0.05) is 0 Å². The predicted molar refractivity (Wildman–Crippen MR) is 98.5 cm³/mol. The number of likely N-dealkylation sites (tertiary alicyclic amines) is 2. The summed E-state index contributed by atoms with van der Waals surface area (Å²) in [4.78, 5) is 26.0. The summed E-state index contributed by atoms with van der Waals surface area (Å²) < 4.78 is 5.54. The Morgan fingerprint density at radius 2 is 2.04 bits per heavy atom. The molecule has 0 N–H and O–H groups in total. The molecule has 0 aliphatic carbocycles. The minimum atomic E-state index is 0.253. The van der Waals surface area contributed by atoms with Crippen LogP contribution >= 0.6 is 0 Å². The minimum absolute atomic E-state index is 0.253. The third-order valence-electron chi connectivity index (χ3n) is 6.33. The molecule has 0 unspecified atom stereocenters. The van der Waals surface area contributed by atoms with E-state index in [0.29, 0.717) is 19.0 Å². The third kappa shape index (κ3) is 3.91. The molecule has 3 fully saturated rings. The van der Waals surface area contributed by atoms with E-state index in [4.69, 9.17) is 4.74 Å². The van der Waals surface area contributed by atoms with Gasteiger partial charge in [-0.3, -0.25) is 19.7 Å². The second kappa shape index (κ2) is 7.61. The molecule has 0 radical (unpaired) electrons. The van der Waals surface area contributed by atoms with Crippen molar-refractivity contribution < 1.29 is 9.53 Å². The minimum Gasteiger partial charge on any atom is -0.381 e. The lowest BCUT2D eigenvalue weighted by Crippen LogP contribution is -2.56. The SMILES string of the molecule is Cc1cnc(CN2C[C@]3(CCCN(C4CCOCC4)C3)CCC2=O)cn1. The van der Waals surface area contributed by atoms with E-state index in [9.17, 15) is 4.79 Å². The van der Waals surface area contributed by atoms with E-state index in [2.05, 4.69) is 14.9 Å². The molecule has 1 atom stereocenters. The number of hydrogen-bond acceptors (Lipinski definition) is 5. The van der Waals surface area contributed by atoms with Gasteiger partial charge in [0.15, 0.2) is 0 Å². The summed E-state index contributed by atoms with van der Waals surface area (Å²) in [6.07, 6.45) is 10.1. The summed E-state index contributed by atoms with van der Waals surface area (Å²) in [5.74, 6) is 0.265. The number of amides is 1. The van der Waals surface area contributed by atoms with Crippen molar-refractivity contribution in [2.24, 2.45) is 5.41 Å². The first-order chi connectivity index (χ1) is 12.6. The highest BCUT2D eigenvalue weighted by atomic mass is 16.5. The fraction of sp³-hybridized carbons (Fsp3) is 0.750. The molecular weight excluding hydrogens is 328 g/mol. The molecule has 1 amide bonds. The Morgan fingerprint density at radius 1 is 1.19 bits per heavy atom. The topological polar surface area (TPSA) is 58.6 Å². The summed E-state index contributed by atoms with van der Waals surface area (Å²) in [5.41, 5.74) is 2.05. The molecule has 3 aliphatic rings. The molecule has 1 spiro atoms. The van der Waals surface area contributed by atoms with Gasteiger partial charge in [0.2, 0.25) is 5.91 Å². The van der Waals surface area contributed by atoms with Gasteiger partial charge in [0.1, 0.15) is 0 Å².